The average molecular weight is 533 g/mol. The molecule has 0 unspecified atom stereocenters. The van der Waals surface area contributed by atoms with Crippen LogP contribution in [0.25, 0.3) is 0 Å². The van der Waals surface area contributed by atoms with Crippen LogP contribution in [0.1, 0.15) is 15.9 Å². The number of hydrogen-bond acceptors (Lipinski definition) is 6. The van der Waals surface area contributed by atoms with Crippen LogP contribution in [0.15, 0.2) is 78.9 Å². The summed E-state index contributed by atoms with van der Waals surface area (Å²) in [7, 11) is 1.65. The lowest BCUT2D eigenvalue weighted by Crippen LogP contribution is -2.50. The number of primary amides is 1. The summed E-state index contributed by atoms with van der Waals surface area (Å²) in [5.74, 6) is -0.875. The molecule has 39 heavy (non-hydrogen) atoms. The summed E-state index contributed by atoms with van der Waals surface area (Å²) in [5.41, 5.74) is 13.0. The third kappa shape index (κ3) is 7.96. The highest BCUT2D eigenvalue weighted by Gasteiger charge is 2.21. The van der Waals surface area contributed by atoms with Gasteiger partial charge in [-0.25, -0.2) is 4.79 Å². The molecule has 0 atom stereocenters. The van der Waals surface area contributed by atoms with Gasteiger partial charge in [0, 0.05) is 48.7 Å². The number of ether oxygens (including phenoxy) is 1. The zero-order valence-corrected chi connectivity index (χ0v) is 21.6. The highest BCUT2D eigenvalue weighted by Crippen LogP contribution is 2.20. The lowest BCUT2D eigenvalue weighted by Gasteiger charge is -2.35. The maximum atomic E-state index is 12.6. The predicted octanol–water partition coefficient (Wildman–Crippen LogP) is 2.60. The SMILES string of the molecule is COc1ccc(N2CCN(C(N)=O)CC2)cc1.N=C(N)c1cccc(C(=O)N(CC(=O)O)c2ccccc2)c1. The Morgan fingerprint density at radius 1 is 0.897 bits per heavy atom. The summed E-state index contributed by atoms with van der Waals surface area (Å²) in [4.78, 5) is 39.7. The molecule has 1 aliphatic rings. The fraction of sp³-hybridized carbons (Fsp3) is 0.214. The molecule has 3 aromatic rings. The molecule has 4 rings (SSSR count). The van der Waals surface area contributed by atoms with Crippen molar-refractivity contribution in [1.82, 2.24) is 4.90 Å². The van der Waals surface area contributed by atoms with Crippen molar-refractivity contribution in [3.63, 3.8) is 0 Å². The van der Waals surface area contributed by atoms with Gasteiger partial charge < -0.3 is 31.1 Å². The van der Waals surface area contributed by atoms with Crippen LogP contribution in [0, 0.1) is 5.41 Å². The highest BCUT2D eigenvalue weighted by molar-refractivity contribution is 6.09. The fourth-order valence-corrected chi connectivity index (χ4v) is 3.98. The monoisotopic (exact) mass is 532 g/mol. The number of carbonyl (C=O) groups excluding carboxylic acids is 2. The molecule has 0 saturated carbocycles. The smallest absolute Gasteiger partial charge is 0.323 e. The number of nitrogens with one attached hydrogen (secondary N) is 1. The van der Waals surface area contributed by atoms with E-state index in [-0.39, 0.29) is 17.4 Å². The molecule has 6 N–H and O–H groups in total. The first-order valence-corrected chi connectivity index (χ1v) is 12.2. The summed E-state index contributed by atoms with van der Waals surface area (Å²) in [6, 6.07) is 22.4. The molecule has 1 aliphatic heterocycles. The van der Waals surface area contributed by atoms with Gasteiger partial charge in [-0.05, 0) is 48.5 Å². The summed E-state index contributed by atoms with van der Waals surface area (Å²) >= 11 is 0. The second-order valence-electron chi connectivity index (χ2n) is 8.63. The van der Waals surface area contributed by atoms with Crippen molar-refractivity contribution in [1.29, 1.82) is 5.41 Å². The van der Waals surface area contributed by atoms with Crippen LogP contribution in [-0.4, -0.2) is 73.6 Å². The van der Waals surface area contributed by atoms with Gasteiger partial charge in [0.25, 0.3) is 5.91 Å². The number of nitrogens with two attached hydrogens (primary N) is 2. The zero-order chi connectivity index (χ0) is 28.4. The highest BCUT2D eigenvalue weighted by atomic mass is 16.5. The lowest BCUT2D eigenvalue weighted by atomic mass is 10.1. The van der Waals surface area contributed by atoms with Crippen molar-refractivity contribution in [2.24, 2.45) is 11.5 Å². The molecular formula is C28H32N6O5. The van der Waals surface area contributed by atoms with E-state index in [2.05, 4.69) is 4.90 Å². The standard InChI is InChI=1S/C16H15N3O3.C12H17N3O2/c17-15(18)11-5-4-6-12(9-11)16(22)19(10-14(20)21)13-7-2-1-3-8-13;1-17-11-4-2-10(3-5-11)14-6-8-15(9-7-14)12(13)16/h1-9H,10H2,(H3,17,18)(H,20,21);2-5H,6-9H2,1H3,(H2,13,16). The average Bonchev–Trinajstić information content (AvgIpc) is 2.96. The number of carbonyl (C=O) groups is 3. The molecule has 0 radical (unpaired) electrons. The minimum absolute atomic E-state index is 0.154. The van der Waals surface area contributed by atoms with E-state index in [4.69, 9.17) is 26.7 Å². The van der Waals surface area contributed by atoms with E-state index in [0.29, 0.717) is 24.3 Å². The Labute approximate surface area is 226 Å². The van der Waals surface area contributed by atoms with E-state index in [0.717, 1.165) is 24.5 Å². The number of hydrogen-bond donors (Lipinski definition) is 4. The number of amides is 3. The summed E-state index contributed by atoms with van der Waals surface area (Å²) in [6.07, 6.45) is 0. The first kappa shape index (κ1) is 28.5. The maximum absolute atomic E-state index is 12.6. The Kier molecular flexibility index (Phi) is 9.85. The summed E-state index contributed by atoms with van der Waals surface area (Å²) < 4.78 is 5.12. The quantitative estimate of drug-likeness (QED) is 0.268. The van der Waals surface area contributed by atoms with E-state index in [1.807, 2.05) is 24.3 Å². The molecule has 0 bridgehead atoms. The number of nitrogens with zero attached hydrogens (tertiary/aromatic N) is 3. The van der Waals surface area contributed by atoms with Crippen molar-refractivity contribution < 1.29 is 24.2 Å². The Morgan fingerprint density at radius 3 is 2.05 bits per heavy atom. The zero-order valence-electron chi connectivity index (χ0n) is 21.6. The van der Waals surface area contributed by atoms with Gasteiger partial charge in [-0.1, -0.05) is 30.3 Å². The van der Waals surface area contributed by atoms with Gasteiger partial charge in [-0.2, -0.15) is 0 Å². The number of rotatable bonds is 7. The van der Waals surface area contributed by atoms with Gasteiger partial charge in [0.05, 0.1) is 7.11 Å². The number of benzene rings is 3. The minimum atomic E-state index is -1.11. The molecule has 3 amide bonds. The second-order valence-corrected chi connectivity index (χ2v) is 8.63. The van der Waals surface area contributed by atoms with E-state index < -0.39 is 18.4 Å². The normalized spacial score (nSPS) is 12.5. The van der Waals surface area contributed by atoms with E-state index in [1.54, 1.807) is 60.5 Å². The fourth-order valence-electron chi connectivity index (χ4n) is 3.98. The number of nitrogen functional groups attached to an aromatic ring is 1. The van der Waals surface area contributed by atoms with Crippen LogP contribution in [0.4, 0.5) is 16.2 Å². The molecule has 1 fully saturated rings. The van der Waals surface area contributed by atoms with Gasteiger partial charge in [0.2, 0.25) is 0 Å². The predicted molar refractivity (Wildman–Crippen MR) is 150 cm³/mol. The largest absolute Gasteiger partial charge is 0.497 e. The molecule has 0 aliphatic carbocycles. The number of aliphatic carboxylic acids is 1. The molecule has 11 nitrogen and oxygen atoms in total. The van der Waals surface area contributed by atoms with Crippen molar-refractivity contribution in [2.45, 2.75) is 0 Å². The van der Waals surface area contributed by atoms with Crippen molar-refractivity contribution in [3.05, 3.63) is 90.0 Å². The third-order valence-electron chi connectivity index (χ3n) is 6.06. The molecule has 1 heterocycles. The number of para-hydroxylation sites is 1. The van der Waals surface area contributed by atoms with E-state index >= 15 is 0 Å². The molecule has 204 valence electrons. The Bertz CT molecular complexity index is 1290. The Balaban J connectivity index is 0.000000223. The Hall–Kier alpha value is -5.06. The number of carboxylic acids is 1. The van der Waals surface area contributed by atoms with Crippen LogP contribution in [0.3, 0.4) is 0 Å². The molecule has 1 saturated heterocycles. The van der Waals surface area contributed by atoms with Gasteiger partial charge in [0.1, 0.15) is 18.1 Å². The summed E-state index contributed by atoms with van der Waals surface area (Å²) in [6.45, 7) is 2.54. The number of carboxylic acid groups (broad SMARTS) is 1. The van der Waals surface area contributed by atoms with Crippen LogP contribution >= 0.6 is 0 Å². The van der Waals surface area contributed by atoms with E-state index in [1.165, 1.54) is 11.0 Å². The molecule has 0 spiro atoms. The third-order valence-corrected chi connectivity index (χ3v) is 6.06. The van der Waals surface area contributed by atoms with Gasteiger partial charge in [0.15, 0.2) is 0 Å². The number of methoxy groups -OCH3 is 1. The number of piperazine rings is 1. The first-order chi connectivity index (χ1) is 18.7. The Morgan fingerprint density at radius 2 is 1.51 bits per heavy atom. The van der Waals surface area contributed by atoms with Crippen LogP contribution in [-0.2, 0) is 4.79 Å². The first-order valence-electron chi connectivity index (χ1n) is 12.2. The van der Waals surface area contributed by atoms with E-state index in [9.17, 15) is 14.4 Å². The number of anilines is 2. The lowest BCUT2D eigenvalue weighted by molar-refractivity contribution is -0.135. The number of urea groups is 1. The minimum Gasteiger partial charge on any atom is -0.497 e. The van der Waals surface area contributed by atoms with Crippen molar-refractivity contribution >= 4 is 35.1 Å². The molecule has 0 aromatic heterocycles. The maximum Gasteiger partial charge on any atom is 0.323 e. The summed E-state index contributed by atoms with van der Waals surface area (Å²) in [5, 5.41) is 16.5. The van der Waals surface area contributed by atoms with Crippen LogP contribution in [0.2, 0.25) is 0 Å². The topological polar surface area (TPSA) is 166 Å². The second kappa shape index (κ2) is 13.5. The molecule has 11 heteroatoms. The molecule has 3 aromatic carbocycles. The van der Waals surface area contributed by atoms with Crippen molar-refractivity contribution in [3.8, 4) is 5.75 Å². The van der Waals surface area contributed by atoms with Crippen LogP contribution in [0.5, 0.6) is 5.75 Å². The van der Waals surface area contributed by atoms with Gasteiger partial charge in [-0.15, -0.1) is 0 Å². The number of amidine groups is 1. The van der Waals surface area contributed by atoms with Crippen molar-refractivity contribution in [2.75, 3.05) is 49.6 Å². The molecular weight excluding hydrogens is 500 g/mol. The van der Waals surface area contributed by atoms with Gasteiger partial charge in [-0.3, -0.25) is 19.9 Å². The van der Waals surface area contributed by atoms with Crippen LogP contribution < -0.4 is 26.0 Å². The van der Waals surface area contributed by atoms with Gasteiger partial charge >= 0.3 is 12.0 Å².